The number of carbonyl (C=O) groups is 1. The van der Waals surface area contributed by atoms with Crippen LogP contribution in [0, 0.1) is 0 Å². The van der Waals surface area contributed by atoms with Gasteiger partial charge < -0.3 is 14.6 Å². The number of aliphatic hydroxyl groups excluding tert-OH is 1. The van der Waals surface area contributed by atoms with Crippen molar-refractivity contribution in [2.75, 3.05) is 13.6 Å². The summed E-state index contributed by atoms with van der Waals surface area (Å²) in [5.41, 5.74) is 0.778. The first kappa shape index (κ1) is 14.1. The fourth-order valence-electron chi connectivity index (χ4n) is 2.75. The second-order valence-electron chi connectivity index (χ2n) is 5.60. The molecule has 0 radical (unpaired) electrons. The molecule has 1 saturated carbocycles. The summed E-state index contributed by atoms with van der Waals surface area (Å²) in [5.74, 6) is 0.0533. The summed E-state index contributed by atoms with van der Waals surface area (Å²) in [5, 5.41) is 9.30. The Labute approximate surface area is 115 Å². The van der Waals surface area contributed by atoms with Crippen LogP contribution >= 0.6 is 0 Å². The zero-order chi connectivity index (χ0) is 13.8. The normalized spacial score (nSPS) is 17.6. The topological polar surface area (TPSA) is 45.5 Å². The van der Waals surface area contributed by atoms with Gasteiger partial charge >= 0.3 is 0 Å². The van der Waals surface area contributed by atoms with Gasteiger partial charge in [0.15, 0.2) is 0 Å². The lowest BCUT2D eigenvalue weighted by atomic mass is 10.2. The van der Waals surface area contributed by atoms with E-state index >= 15 is 0 Å². The maximum absolute atomic E-state index is 12.4. The number of aliphatic hydroxyl groups is 1. The minimum absolute atomic E-state index is 0.0533. The summed E-state index contributed by atoms with van der Waals surface area (Å²) in [4.78, 5) is 14.1. The van der Waals surface area contributed by atoms with Gasteiger partial charge in [0.2, 0.25) is 0 Å². The van der Waals surface area contributed by atoms with Crippen LogP contribution in [0.5, 0.6) is 0 Å². The number of hydrogen-bond acceptors (Lipinski definition) is 2. The van der Waals surface area contributed by atoms with E-state index in [1.54, 1.807) is 18.9 Å². The number of carbonyl (C=O) groups excluding carboxylic acids is 1. The molecule has 1 amide bonds. The van der Waals surface area contributed by atoms with Gasteiger partial charge in [0, 0.05) is 25.8 Å². The Morgan fingerprint density at radius 3 is 2.84 bits per heavy atom. The van der Waals surface area contributed by atoms with Crippen LogP contribution in [0.1, 0.15) is 55.6 Å². The predicted octanol–water partition coefficient (Wildman–Crippen LogP) is 2.45. The summed E-state index contributed by atoms with van der Waals surface area (Å²) in [6.45, 7) is 2.34. The fraction of sp³-hybridized carbons (Fsp3) is 0.667. The summed E-state index contributed by atoms with van der Waals surface area (Å²) in [6, 6.07) is 4.34. The third-order valence-electron chi connectivity index (χ3n) is 3.95. The van der Waals surface area contributed by atoms with Crippen molar-refractivity contribution in [2.24, 2.45) is 0 Å². The van der Waals surface area contributed by atoms with Gasteiger partial charge in [-0.2, -0.15) is 0 Å². The Morgan fingerprint density at radius 2 is 2.21 bits per heavy atom. The molecule has 0 bridgehead atoms. The van der Waals surface area contributed by atoms with Gasteiger partial charge in [-0.25, -0.2) is 0 Å². The molecule has 1 aliphatic rings. The summed E-state index contributed by atoms with van der Waals surface area (Å²) >= 11 is 0. The van der Waals surface area contributed by atoms with Crippen LogP contribution < -0.4 is 0 Å². The molecule has 1 fully saturated rings. The molecule has 2 rings (SSSR count). The van der Waals surface area contributed by atoms with Gasteiger partial charge in [-0.3, -0.25) is 4.79 Å². The van der Waals surface area contributed by atoms with E-state index in [1.807, 2.05) is 18.3 Å². The number of amides is 1. The SMILES string of the molecule is CC(O)CCN(C)C(=O)c1cccn1C1CCCC1. The Bertz CT molecular complexity index is 420. The molecule has 0 spiro atoms. The molecule has 1 aromatic rings. The molecule has 1 heterocycles. The molecule has 0 aliphatic heterocycles. The van der Waals surface area contributed by atoms with E-state index in [9.17, 15) is 9.90 Å². The van der Waals surface area contributed by atoms with Gasteiger partial charge in [0.05, 0.1) is 6.10 Å². The molecule has 0 aromatic carbocycles. The summed E-state index contributed by atoms with van der Waals surface area (Å²) in [6.07, 6.45) is 7.14. The number of aromatic nitrogens is 1. The minimum atomic E-state index is -0.364. The van der Waals surface area contributed by atoms with Crippen LogP contribution in [0.4, 0.5) is 0 Å². The Balaban J connectivity index is 2.04. The van der Waals surface area contributed by atoms with Crippen LogP contribution in [0.3, 0.4) is 0 Å². The zero-order valence-corrected chi connectivity index (χ0v) is 11.9. The molecule has 1 atom stereocenters. The van der Waals surface area contributed by atoms with Crippen molar-refractivity contribution in [1.82, 2.24) is 9.47 Å². The maximum atomic E-state index is 12.4. The van der Waals surface area contributed by atoms with Gasteiger partial charge in [-0.1, -0.05) is 12.8 Å². The van der Waals surface area contributed by atoms with Crippen LogP contribution in [-0.2, 0) is 0 Å². The molecule has 1 aromatic heterocycles. The van der Waals surface area contributed by atoms with Crippen LogP contribution in [0.2, 0.25) is 0 Å². The standard InChI is InChI=1S/C15H24N2O2/c1-12(18)9-11-16(2)15(19)14-8-5-10-17(14)13-6-3-4-7-13/h5,8,10,12-13,18H,3-4,6-7,9,11H2,1-2H3. The molecule has 106 valence electrons. The van der Waals surface area contributed by atoms with Gasteiger partial charge in [0.25, 0.3) is 5.91 Å². The summed E-state index contributed by atoms with van der Waals surface area (Å²) in [7, 11) is 1.80. The molecule has 4 nitrogen and oxygen atoms in total. The highest BCUT2D eigenvalue weighted by Gasteiger charge is 2.22. The van der Waals surface area contributed by atoms with Gasteiger partial charge in [-0.15, -0.1) is 0 Å². The first-order valence-corrected chi connectivity index (χ1v) is 7.20. The highest BCUT2D eigenvalue weighted by molar-refractivity contribution is 5.92. The van der Waals surface area contributed by atoms with Gasteiger partial charge in [0.1, 0.15) is 5.69 Å². The summed E-state index contributed by atoms with van der Waals surface area (Å²) < 4.78 is 2.13. The zero-order valence-electron chi connectivity index (χ0n) is 11.9. The van der Waals surface area contributed by atoms with Crippen molar-refractivity contribution in [3.63, 3.8) is 0 Å². The van der Waals surface area contributed by atoms with Crippen molar-refractivity contribution in [1.29, 1.82) is 0 Å². The Hall–Kier alpha value is -1.29. The molecule has 1 N–H and O–H groups in total. The molecular formula is C15H24N2O2. The predicted molar refractivity (Wildman–Crippen MR) is 75.2 cm³/mol. The highest BCUT2D eigenvalue weighted by Crippen LogP contribution is 2.30. The second kappa shape index (κ2) is 6.24. The van der Waals surface area contributed by atoms with E-state index in [2.05, 4.69) is 4.57 Å². The molecule has 19 heavy (non-hydrogen) atoms. The van der Waals surface area contributed by atoms with E-state index in [-0.39, 0.29) is 12.0 Å². The quantitative estimate of drug-likeness (QED) is 0.888. The number of rotatable bonds is 5. The van der Waals surface area contributed by atoms with E-state index in [0.717, 1.165) is 5.69 Å². The fourth-order valence-corrected chi connectivity index (χ4v) is 2.75. The monoisotopic (exact) mass is 264 g/mol. The molecule has 0 saturated heterocycles. The minimum Gasteiger partial charge on any atom is -0.393 e. The van der Waals surface area contributed by atoms with Gasteiger partial charge in [-0.05, 0) is 38.3 Å². The van der Waals surface area contributed by atoms with Crippen LogP contribution in [-0.4, -0.2) is 40.2 Å². The van der Waals surface area contributed by atoms with Crippen molar-refractivity contribution in [3.8, 4) is 0 Å². The highest BCUT2D eigenvalue weighted by atomic mass is 16.3. The lowest BCUT2D eigenvalue weighted by Gasteiger charge is -2.21. The molecule has 4 heteroatoms. The largest absolute Gasteiger partial charge is 0.393 e. The third-order valence-corrected chi connectivity index (χ3v) is 3.95. The molecular weight excluding hydrogens is 240 g/mol. The lowest BCUT2D eigenvalue weighted by Crippen LogP contribution is -2.31. The first-order chi connectivity index (χ1) is 9.09. The average Bonchev–Trinajstić information content (AvgIpc) is 3.03. The number of hydrogen-bond donors (Lipinski definition) is 1. The second-order valence-corrected chi connectivity index (χ2v) is 5.60. The van der Waals surface area contributed by atoms with Crippen molar-refractivity contribution >= 4 is 5.91 Å². The van der Waals surface area contributed by atoms with E-state index in [4.69, 9.17) is 0 Å². The lowest BCUT2D eigenvalue weighted by molar-refractivity contribution is 0.0756. The van der Waals surface area contributed by atoms with Crippen molar-refractivity contribution in [2.45, 2.75) is 51.2 Å². The van der Waals surface area contributed by atoms with E-state index in [0.29, 0.717) is 19.0 Å². The molecule has 1 aliphatic carbocycles. The molecule has 1 unspecified atom stereocenters. The Morgan fingerprint density at radius 1 is 1.53 bits per heavy atom. The van der Waals surface area contributed by atoms with Crippen LogP contribution in [0.15, 0.2) is 18.3 Å². The van der Waals surface area contributed by atoms with E-state index < -0.39 is 0 Å². The van der Waals surface area contributed by atoms with Crippen molar-refractivity contribution < 1.29 is 9.90 Å². The third kappa shape index (κ3) is 3.38. The smallest absolute Gasteiger partial charge is 0.270 e. The Kier molecular flexibility index (Phi) is 4.64. The van der Waals surface area contributed by atoms with E-state index in [1.165, 1.54) is 25.7 Å². The van der Waals surface area contributed by atoms with Crippen LogP contribution in [0.25, 0.3) is 0 Å². The average molecular weight is 264 g/mol. The first-order valence-electron chi connectivity index (χ1n) is 7.20. The number of nitrogens with zero attached hydrogens (tertiary/aromatic N) is 2. The maximum Gasteiger partial charge on any atom is 0.270 e. The van der Waals surface area contributed by atoms with Crippen molar-refractivity contribution in [3.05, 3.63) is 24.0 Å².